The van der Waals surface area contributed by atoms with Gasteiger partial charge in [-0.2, -0.15) is 0 Å². The molecule has 1 saturated heterocycles. The van der Waals surface area contributed by atoms with Crippen LogP contribution in [0.4, 0.5) is 0 Å². The number of rotatable bonds is 11. The van der Waals surface area contributed by atoms with Gasteiger partial charge in [0.1, 0.15) is 17.8 Å². The lowest BCUT2D eigenvalue weighted by Gasteiger charge is -2.33. The van der Waals surface area contributed by atoms with Crippen LogP contribution in [0.3, 0.4) is 0 Å². The number of carbonyl (C=O) groups excluding carboxylic acids is 4. The van der Waals surface area contributed by atoms with E-state index < -0.39 is 48.9 Å². The van der Waals surface area contributed by atoms with Gasteiger partial charge in [-0.05, 0) is 31.7 Å². The Labute approximate surface area is 222 Å². The van der Waals surface area contributed by atoms with E-state index in [9.17, 15) is 19.2 Å². The first-order valence-electron chi connectivity index (χ1n) is 12.7. The van der Waals surface area contributed by atoms with Crippen molar-refractivity contribution in [1.29, 1.82) is 0 Å². The minimum atomic E-state index is -1.17. The molecule has 202 valence electrons. The molecule has 1 aliphatic heterocycles. The maximum Gasteiger partial charge on any atom is 0.551 e. The van der Waals surface area contributed by atoms with E-state index in [1.54, 1.807) is 13.8 Å². The first-order chi connectivity index (χ1) is 18.1. The van der Waals surface area contributed by atoms with Crippen molar-refractivity contribution in [2.45, 2.75) is 71.1 Å². The Morgan fingerprint density at radius 2 is 1.79 bits per heavy atom. The first-order valence-corrected chi connectivity index (χ1v) is 12.7. The number of amides is 3. The Bertz CT molecular complexity index is 1100. The summed E-state index contributed by atoms with van der Waals surface area (Å²) in [4.78, 5) is 59.2. The fraction of sp³-hybridized carbons (Fsp3) is 0.462. The second-order valence-electron chi connectivity index (χ2n) is 9.90. The van der Waals surface area contributed by atoms with Gasteiger partial charge in [0.25, 0.3) is 11.9 Å². The molecular formula is C26H34BN5O6. The van der Waals surface area contributed by atoms with Crippen molar-refractivity contribution in [3.63, 3.8) is 0 Å². The van der Waals surface area contributed by atoms with Crippen LogP contribution in [-0.2, 0) is 30.1 Å². The molecule has 1 aromatic carbocycles. The topological polar surface area (TPSA) is 149 Å². The molecule has 3 atom stereocenters. The van der Waals surface area contributed by atoms with E-state index >= 15 is 0 Å². The van der Waals surface area contributed by atoms with Crippen molar-refractivity contribution in [1.82, 2.24) is 25.9 Å². The number of nitrogens with one attached hydrogen (secondary N) is 3. The maximum atomic E-state index is 13.6. The summed E-state index contributed by atoms with van der Waals surface area (Å²) in [5.41, 5.74) is 0.902. The molecule has 1 aliphatic rings. The fourth-order valence-electron chi connectivity index (χ4n) is 4.01. The molecule has 0 aliphatic carbocycles. The van der Waals surface area contributed by atoms with E-state index in [4.69, 9.17) is 9.31 Å². The highest BCUT2D eigenvalue weighted by molar-refractivity contribution is 6.50. The SMILES string of the molecule is CC(C)C[C@H](NC(=O)[C@H](Cc1ccccc1)NC(=O)c1cnccn1)B1OC(=O)C[C@H](C(=O)NC(C)C)O1. The van der Waals surface area contributed by atoms with E-state index in [0.717, 1.165) is 5.56 Å². The van der Waals surface area contributed by atoms with Gasteiger partial charge in [-0.3, -0.25) is 24.2 Å². The minimum absolute atomic E-state index is 0.0700. The second-order valence-corrected chi connectivity index (χ2v) is 9.90. The van der Waals surface area contributed by atoms with Crippen LogP contribution in [0.5, 0.6) is 0 Å². The molecule has 2 aromatic rings. The molecule has 0 spiro atoms. The zero-order valence-corrected chi connectivity index (χ0v) is 22.0. The van der Waals surface area contributed by atoms with E-state index in [0.29, 0.717) is 6.42 Å². The van der Waals surface area contributed by atoms with Crippen molar-refractivity contribution < 1.29 is 28.5 Å². The van der Waals surface area contributed by atoms with Crippen molar-refractivity contribution in [2.75, 3.05) is 0 Å². The third-order valence-corrected chi connectivity index (χ3v) is 5.70. The summed E-state index contributed by atoms with van der Waals surface area (Å²) in [5, 5.41) is 8.37. The smallest absolute Gasteiger partial charge is 0.508 e. The summed E-state index contributed by atoms with van der Waals surface area (Å²) in [6.45, 7) is 7.51. The van der Waals surface area contributed by atoms with Crippen LogP contribution in [0.2, 0.25) is 0 Å². The zero-order valence-electron chi connectivity index (χ0n) is 22.0. The monoisotopic (exact) mass is 523 g/mol. The van der Waals surface area contributed by atoms with Crippen LogP contribution in [0.25, 0.3) is 0 Å². The average molecular weight is 523 g/mol. The molecular weight excluding hydrogens is 489 g/mol. The molecule has 1 aromatic heterocycles. The largest absolute Gasteiger partial charge is 0.551 e. The summed E-state index contributed by atoms with van der Waals surface area (Å²) in [6.07, 6.45) is 3.50. The van der Waals surface area contributed by atoms with Crippen molar-refractivity contribution in [3.05, 3.63) is 60.2 Å². The second kappa shape index (κ2) is 13.7. The number of nitrogens with zero attached hydrogens (tertiary/aromatic N) is 2. The van der Waals surface area contributed by atoms with Gasteiger partial charge in [0, 0.05) is 24.9 Å². The number of aromatic nitrogens is 2. The predicted molar refractivity (Wildman–Crippen MR) is 139 cm³/mol. The van der Waals surface area contributed by atoms with Crippen LogP contribution in [0.1, 0.15) is 56.6 Å². The van der Waals surface area contributed by atoms with Gasteiger partial charge in [0.2, 0.25) is 11.8 Å². The standard InChI is InChI=1S/C26H34BN5O6/c1-16(2)12-22(27-37-21(14-23(33)38-27)26(36)30-17(3)4)32-24(34)19(13-18-8-6-5-7-9-18)31-25(35)20-15-28-10-11-29-20/h5-11,15-17,19,21-22H,12-14H2,1-4H3,(H,30,36)(H,31,35)(H,32,34)/t19-,21+,22-/m0/s1. The minimum Gasteiger partial charge on any atom is -0.508 e. The highest BCUT2D eigenvalue weighted by atomic mass is 16.6. The lowest BCUT2D eigenvalue weighted by molar-refractivity contribution is -0.149. The maximum absolute atomic E-state index is 13.6. The normalized spacial score (nSPS) is 16.9. The van der Waals surface area contributed by atoms with Crippen LogP contribution >= 0.6 is 0 Å². The van der Waals surface area contributed by atoms with Crippen LogP contribution in [0, 0.1) is 5.92 Å². The summed E-state index contributed by atoms with van der Waals surface area (Å²) >= 11 is 0. The Morgan fingerprint density at radius 3 is 2.42 bits per heavy atom. The lowest BCUT2D eigenvalue weighted by Crippen LogP contribution is -2.60. The highest BCUT2D eigenvalue weighted by Crippen LogP contribution is 2.19. The lowest BCUT2D eigenvalue weighted by atomic mass is 9.72. The zero-order chi connectivity index (χ0) is 27.7. The number of benzene rings is 1. The van der Waals surface area contributed by atoms with E-state index in [1.165, 1.54) is 18.6 Å². The average Bonchev–Trinajstić information content (AvgIpc) is 2.88. The van der Waals surface area contributed by atoms with Gasteiger partial charge in [0.15, 0.2) is 0 Å². The number of carbonyl (C=O) groups is 4. The van der Waals surface area contributed by atoms with Gasteiger partial charge in [-0.25, -0.2) is 4.98 Å². The van der Waals surface area contributed by atoms with Gasteiger partial charge in [-0.1, -0.05) is 44.2 Å². The third kappa shape index (κ3) is 8.65. The third-order valence-electron chi connectivity index (χ3n) is 5.70. The van der Waals surface area contributed by atoms with Crippen molar-refractivity contribution in [3.8, 4) is 0 Å². The van der Waals surface area contributed by atoms with Gasteiger partial charge >= 0.3 is 7.12 Å². The predicted octanol–water partition coefficient (Wildman–Crippen LogP) is 1.23. The molecule has 0 bridgehead atoms. The summed E-state index contributed by atoms with van der Waals surface area (Å²) in [7, 11) is -1.17. The van der Waals surface area contributed by atoms with Crippen molar-refractivity contribution in [2.24, 2.45) is 5.92 Å². The molecule has 11 nitrogen and oxygen atoms in total. The Kier molecular flexibility index (Phi) is 10.3. The molecule has 3 amide bonds. The Hall–Kier alpha value is -3.80. The van der Waals surface area contributed by atoms with E-state index in [-0.39, 0.29) is 30.5 Å². The number of hydrogen-bond acceptors (Lipinski definition) is 8. The molecule has 0 unspecified atom stereocenters. The molecule has 0 radical (unpaired) electrons. The Morgan fingerprint density at radius 1 is 1.05 bits per heavy atom. The summed E-state index contributed by atoms with van der Waals surface area (Å²) < 4.78 is 11.3. The van der Waals surface area contributed by atoms with Crippen molar-refractivity contribution >= 4 is 30.8 Å². The molecule has 2 heterocycles. The van der Waals surface area contributed by atoms with Gasteiger partial charge in [-0.15, -0.1) is 0 Å². The quantitative estimate of drug-likeness (QED) is 0.373. The summed E-state index contributed by atoms with van der Waals surface area (Å²) in [6, 6.07) is 8.14. The highest BCUT2D eigenvalue weighted by Gasteiger charge is 2.44. The molecule has 3 N–H and O–H groups in total. The van der Waals surface area contributed by atoms with Crippen LogP contribution < -0.4 is 16.0 Å². The molecule has 0 saturated carbocycles. The van der Waals surface area contributed by atoms with Gasteiger partial charge < -0.3 is 25.3 Å². The van der Waals surface area contributed by atoms with E-state index in [2.05, 4.69) is 25.9 Å². The molecule has 3 rings (SSSR count). The van der Waals surface area contributed by atoms with E-state index in [1.807, 2.05) is 44.2 Å². The molecule has 1 fully saturated rings. The number of hydrogen-bond donors (Lipinski definition) is 3. The molecule has 38 heavy (non-hydrogen) atoms. The van der Waals surface area contributed by atoms with Crippen LogP contribution in [-0.4, -0.2) is 64.9 Å². The van der Waals surface area contributed by atoms with Crippen LogP contribution in [0.15, 0.2) is 48.9 Å². The first kappa shape index (κ1) is 28.8. The molecule has 12 heteroatoms. The van der Waals surface area contributed by atoms with Gasteiger partial charge in [0.05, 0.1) is 18.6 Å². The fourth-order valence-corrected chi connectivity index (χ4v) is 4.01. The Balaban J connectivity index is 1.80. The summed E-state index contributed by atoms with van der Waals surface area (Å²) in [5.74, 6) is -2.73.